The van der Waals surface area contributed by atoms with Gasteiger partial charge in [0, 0.05) is 24.9 Å². The number of nitrogens with one attached hydrogen (secondary N) is 3. The first-order valence-electron chi connectivity index (χ1n) is 12.3. The normalized spacial score (nSPS) is 15.4. The van der Waals surface area contributed by atoms with Gasteiger partial charge in [0.05, 0.1) is 0 Å². The highest BCUT2D eigenvalue weighted by atomic mass is 16.2. The average Bonchev–Trinajstić information content (AvgIpc) is 3.32. The minimum atomic E-state index is -1.20. The minimum Gasteiger partial charge on any atom is -0.344 e. The van der Waals surface area contributed by atoms with Crippen LogP contribution in [0.1, 0.15) is 34.3 Å². The number of hydrazine groups is 1. The Morgan fingerprint density at radius 2 is 1.37 bits per heavy atom. The molecule has 3 aromatic carbocycles. The Kier molecular flexibility index (Phi) is 8.61. The summed E-state index contributed by atoms with van der Waals surface area (Å²) in [6.45, 7) is 0.265. The largest absolute Gasteiger partial charge is 0.344 e. The van der Waals surface area contributed by atoms with Crippen LogP contribution < -0.4 is 16.2 Å². The minimum absolute atomic E-state index is 0.0603. The third-order valence-corrected chi connectivity index (χ3v) is 6.29. The summed E-state index contributed by atoms with van der Waals surface area (Å²) in [6.07, 6.45) is 0.585. The van der Waals surface area contributed by atoms with Crippen LogP contribution in [-0.2, 0) is 32.1 Å². The lowest BCUT2D eigenvalue weighted by Gasteiger charge is -2.26. The second-order valence-corrected chi connectivity index (χ2v) is 8.95. The van der Waals surface area contributed by atoms with Crippen molar-refractivity contribution < 1.29 is 24.0 Å². The molecule has 2 unspecified atom stereocenters. The number of hydrogen-bond acceptors (Lipinski definition) is 5. The molecule has 0 aliphatic carbocycles. The molecule has 194 valence electrons. The number of Topliss-reactive ketones (excluding diaryl/α,β-unsaturated/α-hetero) is 1. The van der Waals surface area contributed by atoms with Gasteiger partial charge >= 0.3 is 5.91 Å². The maximum absolute atomic E-state index is 13.3. The summed E-state index contributed by atoms with van der Waals surface area (Å²) in [4.78, 5) is 65.4. The van der Waals surface area contributed by atoms with Crippen molar-refractivity contribution in [2.24, 2.45) is 0 Å². The molecule has 0 saturated carbocycles. The molecule has 3 aromatic rings. The van der Waals surface area contributed by atoms with Gasteiger partial charge in [0.1, 0.15) is 12.1 Å². The molecule has 3 N–H and O–H groups in total. The predicted molar refractivity (Wildman–Crippen MR) is 139 cm³/mol. The smallest absolute Gasteiger partial charge is 0.307 e. The van der Waals surface area contributed by atoms with Crippen LogP contribution in [0.25, 0.3) is 0 Å². The first-order valence-corrected chi connectivity index (χ1v) is 12.3. The molecule has 0 bridgehead atoms. The fourth-order valence-electron chi connectivity index (χ4n) is 4.31. The third-order valence-electron chi connectivity index (χ3n) is 6.29. The highest BCUT2D eigenvalue weighted by molar-refractivity contribution is 6.38. The van der Waals surface area contributed by atoms with Gasteiger partial charge in [-0.3, -0.25) is 34.8 Å². The summed E-state index contributed by atoms with van der Waals surface area (Å²) >= 11 is 0. The third kappa shape index (κ3) is 6.70. The Labute approximate surface area is 220 Å². The number of nitrogens with zero attached hydrogens (tertiary/aromatic N) is 1. The molecule has 1 fully saturated rings. The second-order valence-electron chi connectivity index (χ2n) is 8.95. The standard InChI is InChI=1S/C29H28N4O5/c34-25-17-16-24(33(25)19-21-12-6-2-7-13-21)28(37)30-23(18-20-10-4-1-5-11-20)26(35)29(38)32-31-27(36)22-14-8-3-9-15-22/h1-15,23-24H,16-19H2,(H,30,37)(H,31,36)(H,32,38). The van der Waals surface area contributed by atoms with Crippen molar-refractivity contribution in [2.75, 3.05) is 0 Å². The van der Waals surface area contributed by atoms with Crippen molar-refractivity contribution in [1.82, 2.24) is 21.1 Å². The van der Waals surface area contributed by atoms with Crippen LogP contribution in [-0.4, -0.2) is 46.4 Å². The zero-order valence-corrected chi connectivity index (χ0v) is 20.6. The topological polar surface area (TPSA) is 125 Å². The zero-order valence-electron chi connectivity index (χ0n) is 20.6. The van der Waals surface area contributed by atoms with Gasteiger partial charge in [0.25, 0.3) is 5.91 Å². The van der Waals surface area contributed by atoms with Gasteiger partial charge in [-0.05, 0) is 29.7 Å². The van der Waals surface area contributed by atoms with Crippen LogP contribution >= 0.6 is 0 Å². The molecule has 1 aliphatic rings. The van der Waals surface area contributed by atoms with E-state index in [0.29, 0.717) is 12.0 Å². The maximum Gasteiger partial charge on any atom is 0.307 e. The Balaban J connectivity index is 1.45. The molecule has 1 heterocycles. The Hall–Kier alpha value is -4.79. The maximum atomic E-state index is 13.3. The molecule has 9 nitrogen and oxygen atoms in total. The Morgan fingerprint density at radius 3 is 2.00 bits per heavy atom. The Morgan fingerprint density at radius 1 is 0.789 bits per heavy atom. The number of hydrogen-bond donors (Lipinski definition) is 3. The highest BCUT2D eigenvalue weighted by Gasteiger charge is 2.38. The number of likely N-dealkylation sites (tertiary alicyclic amines) is 1. The summed E-state index contributed by atoms with van der Waals surface area (Å²) in [6, 6.07) is 24.5. The van der Waals surface area contributed by atoms with Gasteiger partial charge in [-0.25, -0.2) is 0 Å². The van der Waals surface area contributed by atoms with E-state index in [1.807, 2.05) is 36.4 Å². The molecule has 9 heteroatoms. The van der Waals surface area contributed by atoms with Gasteiger partial charge in [-0.15, -0.1) is 0 Å². The molecular formula is C29H28N4O5. The first kappa shape index (κ1) is 26.3. The van der Waals surface area contributed by atoms with Crippen LogP contribution in [0.4, 0.5) is 0 Å². The molecule has 0 radical (unpaired) electrons. The predicted octanol–water partition coefficient (Wildman–Crippen LogP) is 1.94. The van der Waals surface area contributed by atoms with Gasteiger partial charge in [0.15, 0.2) is 0 Å². The van der Waals surface area contributed by atoms with Crippen LogP contribution in [0.15, 0.2) is 91.0 Å². The summed E-state index contributed by atoms with van der Waals surface area (Å²) in [5, 5.41) is 2.69. The van der Waals surface area contributed by atoms with E-state index in [0.717, 1.165) is 11.1 Å². The van der Waals surface area contributed by atoms with Crippen LogP contribution in [0.5, 0.6) is 0 Å². The van der Waals surface area contributed by atoms with E-state index in [9.17, 15) is 24.0 Å². The number of benzene rings is 3. The van der Waals surface area contributed by atoms with Crippen molar-refractivity contribution in [3.63, 3.8) is 0 Å². The summed E-state index contributed by atoms with van der Waals surface area (Å²) in [5.74, 6) is -3.24. The summed E-state index contributed by atoms with van der Waals surface area (Å²) in [5.41, 5.74) is 6.27. The van der Waals surface area contributed by atoms with Crippen LogP contribution in [0.2, 0.25) is 0 Å². The fraction of sp³-hybridized carbons (Fsp3) is 0.207. The number of rotatable bonds is 9. The van der Waals surface area contributed by atoms with E-state index < -0.39 is 35.6 Å². The van der Waals surface area contributed by atoms with Gasteiger partial charge in [0.2, 0.25) is 17.6 Å². The van der Waals surface area contributed by atoms with Crippen molar-refractivity contribution in [1.29, 1.82) is 0 Å². The highest BCUT2D eigenvalue weighted by Crippen LogP contribution is 2.22. The van der Waals surface area contributed by atoms with E-state index in [1.165, 1.54) is 4.90 Å². The van der Waals surface area contributed by atoms with Crippen LogP contribution in [0, 0.1) is 0 Å². The van der Waals surface area contributed by atoms with Gasteiger partial charge < -0.3 is 10.2 Å². The molecule has 0 aromatic heterocycles. The monoisotopic (exact) mass is 512 g/mol. The van der Waals surface area contributed by atoms with Crippen molar-refractivity contribution in [3.8, 4) is 0 Å². The summed E-state index contributed by atoms with van der Waals surface area (Å²) < 4.78 is 0. The van der Waals surface area contributed by atoms with Gasteiger partial charge in [-0.1, -0.05) is 78.9 Å². The number of carbonyl (C=O) groups excluding carboxylic acids is 5. The lowest BCUT2D eigenvalue weighted by molar-refractivity contribution is -0.141. The number of ketones is 1. The van der Waals surface area contributed by atoms with Crippen molar-refractivity contribution >= 4 is 29.4 Å². The molecule has 1 saturated heterocycles. The molecule has 4 amide bonds. The van der Waals surface area contributed by atoms with Gasteiger partial charge in [-0.2, -0.15) is 0 Å². The molecule has 2 atom stereocenters. The van der Waals surface area contributed by atoms with Crippen LogP contribution in [0.3, 0.4) is 0 Å². The Bertz CT molecular complexity index is 1300. The molecule has 4 rings (SSSR count). The SMILES string of the molecule is O=C(NNC(=O)c1ccccc1)C(=O)C(Cc1ccccc1)NC(=O)C1CCC(=O)N1Cc1ccccc1. The number of amides is 4. The first-order chi connectivity index (χ1) is 18.4. The van der Waals surface area contributed by atoms with E-state index in [1.54, 1.807) is 54.6 Å². The van der Waals surface area contributed by atoms with Crippen molar-refractivity contribution in [3.05, 3.63) is 108 Å². The fourth-order valence-corrected chi connectivity index (χ4v) is 4.31. The lowest BCUT2D eigenvalue weighted by Crippen LogP contribution is -2.55. The average molecular weight is 513 g/mol. The lowest BCUT2D eigenvalue weighted by atomic mass is 10.0. The van der Waals surface area contributed by atoms with E-state index in [4.69, 9.17) is 0 Å². The quantitative estimate of drug-likeness (QED) is 0.299. The molecule has 0 spiro atoms. The summed E-state index contributed by atoms with van der Waals surface area (Å²) in [7, 11) is 0. The van der Waals surface area contributed by atoms with E-state index in [2.05, 4.69) is 16.2 Å². The number of carbonyl (C=O) groups is 5. The van der Waals surface area contributed by atoms with Crippen molar-refractivity contribution in [2.45, 2.75) is 37.9 Å². The zero-order chi connectivity index (χ0) is 26.9. The molecule has 38 heavy (non-hydrogen) atoms. The van der Waals surface area contributed by atoms with E-state index in [-0.39, 0.29) is 25.3 Å². The second kappa shape index (κ2) is 12.4. The van der Waals surface area contributed by atoms with E-state index >= 15 is 0 Å². The molecule has 1 aliphatic heterocycles. The molecular weight excluding hydrogens is 484 g/mol.